The molecular weight excluding hydrogens is 368 g/mol. The minimum Gasteiger partial charge on any atom is -0.491 e. The minimum absolute atomic E-state index is 0.0207. The fourth-order valence-corrected chi connectivity index (χ4v) is 2.97. The Balaban J connectivity index is 1.49. The molecule has 1 aliphatic heterocycles. The average Bonchev–Trinajstić information content (AvgIpc) is 3.25. The summed E-state index contributed by atoms with van der Waals surface area (Å²) in [4.78, 5) is 24.2. The molecule has 2 N–H and O–H groups in total. The first-order chi connectivity index (χ1) is 14.0. The average molecular weight is 396 g/mol. The third-order valence-corrected chi connectivity index (χ3v) is 4.76. The molecule has 0 radical (unpaired) electrons. The Morgan fingerprint density at radius 1 is 1.17 bits per heavy atom. The van der Waals surface area contributed by atoms with Crippen LogP contribution in [0.15, 0.2) is 48.5 Å². The van der Waals surface area contributed by atoms with Crippen LogP contribution >= 0.6 is 0 Å². The van der Waals surface area contributed by atoms with E-state index in [4.69, 9.17) is 9.47 Å². The minimum atomic E-state index is -0.162. The molecule has 1 heterocycles. The fourth-order valence-electron chi connectivity index (χ4n) is 2.97. The van der Waals surface area contributed by atoms with Crippen LogP contribution in [-0.2, 0) is 16.1 Å². The van der Waals surface area contributed by atoms with Crippen molar-refractivity contribution in [3.63, 3.8) is 0 Å². The highest BCUT2D eigenvalue weighted by Crippen LogP contribution is 2.17. The second-order valence-electron chi connectivity index (χ2n) is 7.50. The zero-order valence-electron chi connectivity index (χ0n) is 16.9. The summed E-state index contributed by atoms with van der Waals surface area (Å²) in [5, 5.41) is 5.76. The van der Waals surface area contributed by atoms with E-state index in [1.807, 2.05) is 50.2 Å². The Hall–Kier alpha value is -2.86. The van der Waals surface area contributed by atoms with E-state index in [0.717, 1.165) is 30.7 Å². The van der Waals surface area contributed by atoms with Crippen LogP contribution in [0.3, 0.4) is 0 Å². The molecule has 29 heavy (non-hydrogen) atoms. The van der Waals surface area contributed by atoms with Gasteiger partial charge >= 0.3 is 0 Å². The summed E-state index contributed by atoms with van der Waals surface area (Å²) in [5.74, 6) is 0.412. The van der Waals surface area contributed by atoms with E-state index in [2.05, 4.69) is 10.6 Å². The van der Waals surface area contributed by atoms with E-state index >= 15 is 0 Å². The van der Waals surface area contributed by atoms with Gasteiger partial charge in [-0.1, -0.05) is 32.0 Å². The van der Waals surface area contributed by atoms with Gasteiger partial charge < -0.3 is 20.1 Å². The molecule has 6 nitrogen and oxygen atoms in total. The molecule has 2 amide bonds. The SMILES string of the molecule is CC(C)C(=O)Nc1ccc(CNC(=O)c2cccc(OCC3CCCO3)c2)cc1. The summed E-state index contributed by atoms with van der Waals surface area (Å²) in [6.45, 7) is 5.40. The van der Waals surface area contributed by atoms with Crippen LogP contribution in [0, 0.1) is 5.92 Å². The van der Waals surface area contributed by atoms with Crippen molar-refractivity contribution in [3.8, 4) is 5.75 Å². The number of ether oxygens (including phenoxy) is 2. The van der Waals surface area contributed by atoms with Gasteiger partial charge in [-0.3, -0.25) is 9.59 Å². The molecule has 0 aromatic heterocycles. The van der Waals surface area contributed by atoms with Crippen molar-refractivity contribution in [1.82, 2.24) is 5.32 Å². The van der Waals surface area contributed by atoms with Crippen molar-refractivity contribution in [2.75, 3.05) is 18.5 Å². The Morgan fingerprint density at radius 3 is 2.66 bits per heavy atom. The molecule has 0 saturated carbocycles. The summed E-state index contributed by atoms with van der Waals surface area (Å²) < 4.78 is 11.3. The number of amides is 2. The highest BCUT2D eigenvalue weighted by atomic mass is 16.5. The molecule has 0 spiro atoms. The van der Waals surface area contributed by atoms with Gasteiger partial charge in [0.2, 0.25) is 5.91 Å². The maximum atomic E-state index is 12.5. The van der Waals surface area contributed by atoms with E-state index < -0.39 is 0 Å². The van der Waals surface area contributed by atoms with Crippen LogP contribution < -0.4 is 15.4 Å². The van der Waals surface area contributed by atoms with E-state index in [9.17, 15) is 9.59 Å². The zero-order valence-corrected chi connectivity index (χ0v) is 16.9. The van der Waals surface area contributed by atoms with Gasteiger partial charge in [-0.2, -0.15) is 0 Å². The Labute approximate surface area is 171 Å². The summed E-state index contributed by atoms with van der Waals surface area (Å²) >= 11 is 0. The molecule has 1 aliphatic rings. The summed E-state index contributed by atoms with van der Waals surface area (Å²) in [6.07, 6.45) is 2.22. The molecule has 2 aromatic rings. The van der Waals surface area contributed by atoms with Gasteiger partial charge in [0.1, 0.15) is 12.4 Å². The molecule has 1 unspecified atom stereocenters. The lowest BCUT2D eigenvalue weighted by molar-refractivity contribution is -0.118. The van der Waals surface area contributed by atoms with E-state index in [1.54, 1.807) is 12.1 Å². The predicted octanol–water partition coefficient (Wildman–Crippen LogP) is 3.77. The van der Waals surface area contributed by atoms with Crippen LogP contribution in [-0.4, -0.2) is 31.1 Å². The topological polar surface area (TPSA) is 76.7 Å². The standard InChI is InChI=1S/C23H28N2O4/c1-16(2)22(26)25-19-10-8-17(9-11-19)14-24-23(27)18-5-3-6-20(13-18)29-15-21-7-4-12-28-21/h3,5-6,8-11,13,16,21H,4,7,12,14-15H2,1-2H3,(H,24,27)(H,25,26). The number of anilines is 1. The van der Waals surface area contributed by atoms with Gasteiger partial charge in [0.25, 0.3) is 5.91 Å². The van der Waals surface area contributed by atoms with Crippen molar-refractivity contribution in [1.29, 1.82) is 0 Å². The van der Waals surface area contributed by atoms with Gasteiger partial charge in [0, 0.05) is 30.3 Å². The molecule has 3 rings (SSSR count). The van der Waals surface area contributed by atoms with E-state index in [0.29, 0.717) is 24.5 Å². The smallest absolute Gasteiger partial charge is 0.251 e. The maximum Gasteiger partial charge on any atom is 0.251 e. The predicted molar refractivity (Wildman–Crippen MR) is 112 cm³/mol. The highest BCUT2D eigenvalue weighted by molar-refractivity contribution is 5.94. The molecular formula is C23H28N2O4. The fraction of sp³-hybridized carbons (Fsp3) is 0.391. The number of rotatable bonds is 8. The lowest BCUT2D eigenvalue weighted by Gasteiger charge is -2.12. The number of carbonyl (C=O) groups is 2. The van der Waals surface area contributed by atoms with Gasteiger partial charge in [0.05, 0.1) is 6.10 Å². The molecule has 2 aromatic carbocycles. The van der Waals surface area contributed by atoms with E-state index in [1.165, 1.54) is 0 Å². The number of carbonyl (C=O) groups excluding carboxylic acids is 2. The number of nitrogens with one attached hydrogen (secondary N) is 2. The van der Waals surface area contributed by atoms with Crippen LogP contribution in [0.4, 0.5) is 5.69 Å². The van der Waals surface area contributed by atoms with Crippen LogP contribution in [0.1, 0.15) is 42.6 Å². The molecule has 0 aliphatic carbocycles. The maximum absolute atomic E-state index is 12.5. The molecule has 0 bridgehead atoms. The lowest BCUT2D eigenvalue weighted by atomic mass is 10.1. The second-order valence-corrected chi connectivity index (χ2v) is 7.50. The van der Waals surface area contributed by atoms with Crippen molar-refractivity contribution < 1.29 is 19.1 Å². The number of hydrogen-bond acceptors (Lipinski definition) is 4. The lowest BCUT2D eigenvalue weighted by Crippen LogP contribution is -2.23. The van der Waals surface area contributed by atoms with Crippen molar-refractivity contribution in [2.45, 2.75) is 39.3 Å². The second kappa shape index (κ2) is 10.1. The summed E-state index contributed by atoms with van der Waals surface area (Å²) in [7, 11) is 0. The number of benzene rings is 2. The first-order valence-corrected chi connectivity index (χ1v) is 10.0. The van der Waals surface area contributed by atoms with Gasteiger partial charge in [-0.05, 0) is 48.7 Å². The molecule has 1 fully saturated rings. The normalized spacial score (nSPS) is 15.9. The largest absolute Gasteiger partial charge is 0.491 e. The van der Waals surface area contributed by atoms with Crippen molar-refractivity contribution in [3.05, 3.63) is 59.7 Å². The Kier molecular flexibility index (Phi) is 7.25. The first kappa shape index (κ1) is 20.9. The molecule has 154 valence electrons. The summed E-state index contributed by atoms with van der Waals surface area (Å²) in [5.41, 5.74) is 2.25. The summed E-state index contributed by atoms with van der Waals surface area (Å²) in [6, 6.07) is 14.6. The quantitative estimate of drug-likeness (QED) is 0.712. The van der Waals surface area contributed by atoms with E-state index in [-0.39, 0.29) is 23.8 Å². The Bertz CT molecular complexity index is 827. The first-order valence-electron chi connectivity index (χ1n) is 10.0. The highest BCUT2D eigenvalue weighted by Gasteiger charge is 2.16. The number of hydrogen-bond donors (Lipinski definition) is 2. The molecule has 1 saturated heterocycles. The molecule has 1 atom stereocenters. The van der Waals surface area contributed by atoms with Gasteiger partial charge in [-0.15, -0.1) is 0 Å². The van der Waals surface area contributed by atoms with Crippen molar-refractivity contribution >= 4 is 17.5 Å². The molecule has 6 heteroatoms. The van der Waals surface area contributed by atoms with Crippen molar-refractivity contribution in [2.24, 2.45) is 5.92 Å². The van der Waals surface area contributed by atoms with Gasteiger partial charge in [-0.25, -0.2) is 0 Å². The van der Waals surface area contributed by atoms with Crippen LogP contribution in [0.2, 0.25) is 0 Å². The third-order valence-electron chi connectivity index (χ3n) is 4.76. The van der Waals surface area contributed by atoms with Gasteiger partial charge in [0.15, 0.2) is 0 Å². The third kappa shape index (κ3) is 6.32. The van der Waals surface area contributed by atoms with Crippen LogP contribution in [0.5, 0.6) is 5.75 Å². The Morgan fingerprint density at radius 2 is 1.97 bits per heavy atom. The zero-order chi connectivity index (χ0) is 20.6. The monoisotopic (exact) mass is 396 g/mol. The van der Waals surface area contributed by atoms with Crippen LogP contribution in [0.25, 0.3) is 0 Å².